The predicted octanol–water partition coefficient (Wildman–Crippen LogP) is 4.26. The van der Waals surface area contributed by atoms with Crippen molar-refractivity contribution in [3.05, 3.63) is 16.9 Å². The van der Waals surface area contributed by atoms with E-state index in [1.165, 1.54) is 43.4 Å². The van der Waals surface area contributed by atoms with Crippen molar-refractivity contribution >= 4 is 33.8 Å². The van der Waals surface area contributed by atoms with Gasteiger partial charge < -0.3 is 16.4 Å². The Morgan fingerprint density at radius 1 is 1.04 bits per heavy atom. The summed E-state index contributed by atoms with van der Waals surface area (Å²) in [4.78, 5) is 14.6. The quantitative estimate of drug-likeness (QED) is 0.745. The van der Waals surface area contributed by atoms with Gasteiger partial charge in [-0.2, -0.15) is 0 Å². The highest BCUT2D eigenvalue weighted by Gasteiger charge is 2.51. The van der Waals surface area contributed by atoms with Gasteiger partial charge in [-0.3, -0.25) is 0 Å². The molecule has 0 unspecified atom stereocenters. The monoisotopic (exact) mass is 370 g/mol. The molecule has 0 radical (unpaired) electrons. The number of nitrogen functional groups attached to an aromatic ring is 1. The van der Waals surface area contributed by atoms with E-state index in [2.05, 4.69) is 32.5 Å². The highest BCUT2D eigenvalue weighted by Crippen LogP contribution is 2.56. The Morgan fingerprint density at radius 3 is 2.23 bits per heavy atom. The number of hydrogen-bond acceptors (Lipinski definition) is 7. The number of nitrogens with one attached hydrogen (secondary N) is 2. The lowest BCUT2D eigenvalue weighted by Crippen LogP contribution is -2.55. The molecule has 4 N–H and O–H groups in total. The summed E-state index contributed by atoms with van der Waals surface area (Å²) in [7, 11) is 0. The second-order valence-corrected chi connectivity index (χ2v) is 9.80. The number of anilines is 4. The number of thiazole rings is 1. The van der Waals surface area contributed by atoms with Crippen molar-refractivity contribution in [1.82, 2.24) is 15.0 Å². The zero-order valence-electron chi connectivity index (χ0n) is 15.4. The van der Waals surface area contributed by atoms with Crippen molar-refractivity contribution < 1.29 is 0 Å². The minimum atomic E-state index is 0.183. The fraction of sp³-hybridized carbons (Fsp3) is 0.632. The van der Waals surface area contributed by atoms with Crippen LogP contribution in [0.4, 0.5) is 22.5 Å². The van der Waals surface area contributed by atoms with Gasteiger partial charge in [-0.05, 0) is 70.1 Å². The summed E-state index contributed by atoms with van der Waals surface area (Å²) in [6, 6.07) is 0. The molecular formula is C19H26N6S. The molecule has 138 valence electrons. The topological polar surface area (TPSA) is 88.8 Å². The van der Waals surface area contributed by atoms with Crippen LogP contribution in [0, 0.1) is 31.6 Å². The van der Waals surface area contributed by atoms with E-state index in [4.69, 9.17) is 5.73 Å². The zero-order valence-corrected chi connectivity index (χ0v) is 16.2. The molecule has 0 amide bonds. The molecule has 0 aliphatic heterocycles. The van der Waals surface area contributed by atoms with Crippen molar-refractivity contribution in [1.29, 1.82) is 0 Å². The lowest BCUT2D eigenvalue weighted by atomic mass is 9.53. The third-order valence-corrected chi connectivity index (χ3v) is 7.55. The SMILES string of the molecule is Cc1nc(Nc2ncnc(NC34CC5CC(CC(C5)C3)C4)c2N)sc1C. The molecular weight excluding hydrogens is 344 g/mol. The van der Waals surface area contributed by atoms with Crippen molar-refractivity contribution in [3.8, 4) is 0 Å². The Bertz CT molecular complexity index is 790. The van der Waals surface area contributed by atoms with Crippen molar-refractivity contribution in [2.75, 3.05) is 16.4 Å². The summed E-state index contributed by atoms with van der Waals surface area (Å²) in [5.74, 6) is 4.07. The summed E-state index contributed by atoms with van der Waals surface area (Å²) in [5.41, 5.74) is 8.25. The first-order valence-corrected chi connectivity index (χ1v) is 10.4. The molecule has 4 saturated carbocycles. The lowest BCUT2D eigenvalue weighted by Gasteiger charge is -2.57. The van der Waals surface area contributed by atoms with Gasteiger partial charge >= 0.3 is 0 Å². The number of nitrogens with zero attached hydrogens (tertiary/aromatic N) is 3. The molecule has 4 fully saturated rings. The van der Waals surface area contributed by atoms with E-state index >= 15 is 0 Å². The number of nitrogens with two attached hydrogens (primary N) is 1. The van der Waals surface area contributed by atoms with E-state index in [9.17, 15) is 0 Å². The number of rotatable bonds is 4. The van der Waals surface area contributed by atoms with Crippen LogP contribution in [0.2, 0.25) is 0 Å². The standard InChI is InChI=1S/C19H26N6S/c1-10-11(2)26-18(23-10)24-16-15(20)17(22-9-21-16)25-19-6-12-3-13(7-19)5-14(4-12)8-19/h9,12-14H,3-8,20H2,1-2H3,(H2,21,22,23,24,25). The molecule has 0 atom stereocenters. The normalized spacial score (nSPS) is 32.0. The van der Waals surface area contributed by atoms with Crippen molar-refractivity contribution in [2.24, 2.45) is 17.8 Å². The van der Waals surface area contributed by atoms with Crippen molar-refractivity contribution in [3.63, 3.8) is 0 Å². The Morgan fingerprint density at radius 2 is 1.65 bits per heavy atom. The maximum absolute atomic E-state index is 6.43. The molecule has 6 rings (SSSR count). The third kappa shape index (κ3) is 2.73. The van der Waals surface area contributed by atoms with Crippen LogP contribution in [0.1, 0.15) is 49.1 Å². The Hall–Kier alpha value is -1.89. The fourth-order valence-electron chi connectivity index (χ4n) is 5.74. The molecule has 7 heteroatoms. The molecule has 2 aromatic heterocycles. The van der Waals surface area contributed by atoms with E-state index in [1.54, 1.807) is 17.7 Å². The van der Waals surface area contributed by atoms with Crippen LogP contribution in [0.3, 0.4) is 0 Å². The summed E-state index contributed by atoms with van der Waals surface area (Å²) in [6.45, 7) is 4.09. The number of aryl methyl sites for hydroxylation is 2. The Balaban J connectivity index is 1.40. The predicted molar refractivity (Wildman–Crippen MR) is 106 cm³/mol. The second-order valence-electron chi connectivity index (χ2n) is 8.59. The molecule has 2 heterocycles. The third-order valence-electron chi connectivity index (χ3n) is 6.56. The number of aromatic nitrogens is 3. The van der Waals surface area contributed by atoms with Gasteiger partial charge in [-0.25, -0.2) is 15.0 Å². The smallest absolute Gasteiger partial charge is 0.188 e. The fourth-order valence-corrected chi connectivity index (χ4v) is 6.55. The molecule has 2 aromatic rings. The first kappa shape index (κ1) is 16.3. The van der Waals surface area contributed by atoms with Gasteiger partial charge in [0, 0.05) is 10.4 Å². The molecule has 0 spiro atoms. The minimum absolute atomic E-state index is 0.183. The largest absolute Gasteiger partial charge is 0.393 e. The highest BCUT2D eigenvalue weighted by molar-refractivity contribution is 7.15. The molecule has 0 saturated heterocycles. The van der Waals surface area contributed by atoms with Crippen LogP contribution in [-0.4, -0.2) is 20.5 Å². The molecule has 4 aliphatic rings. The molecule has 26 heavy (non-hydrogen) atoms. The van der Waals surface area contributed by atoms with E-state index in [0.717, 1.165) is 34.4 Å². The van der Waals surface area contributed by atoms with Crippen LogP contribution in [-0.2, 0) is 0 Å². The zero-order chi connectivity index (χ0) is 17.9. The Labute approximate surface area is 158 Å². The summed E-state index contributed by atoms with van der Waals surface area (Å²) >= 11 is 1.62. The summed E-state index contributed by atoms with van der Waals surface area (Å²) in [5, 5.41) is 7.86. The summed E-state index contributed by atoms with van der Waals surface area (Å²) in [6.07, 6.45) is 9.65. The Kier molecular flexibility index (Phi) is 3.64. The molecule has 0 aromatic carbocycles. The minimum Gasteiger partial charge on any atom is -0.393 e. The van der Waals surface area contributed by atoms with E-state index in [0.29, 0.717) is 11.5 Å². The van der Waals surface area contributed by atoms with Gasteiger partial charge in [-0.1, -0.05) is 0 Å². The number of hydrogen-bond donors (Lipinski definition) is 3. The van der Waals surface area contributed by atoms with E-state index in [-0.39, 0.29) is 5.54 Å². The van der Waals surface area contributed by atoms with Crippen LogP contribution >= 0.6 is 11.3 Å². The van der Waals surface area contributed by atoms with E-state index < -0.39 is 0 Å². The second kappa shape index (κ2) is 5.81. The highest BCUT2D eigenvalue weighted by atomic mass is 32.1. The molecule has 4 bridgehead atoms. The van der Waals surface area contributed by atoms with Crippen LogP contribution < -0.4 is 16.4 Å². The van der Waals surface area contributed by atoms with Crippen LogP contribution in [0.5, 0.6) is 0 Å². The first-order valence-electron chi connectivity index (χ1n) is 9.59. The van der Waals surface area contributed by atoms with Gasteiger partial charge in [0.25, 0.3) is 0 Å². The van der Waals surface area contributed by atoms with Gasteiger partial charge in [0.1, 0.15) is 12.0 Å². The maximum Gasteiger partial charge on any atom is 0.188 e. The average Bonchev–Trinajstić information content (AvgIpc) is 2.87. The molecule has 4 aliphatic carbocycles. The van der Waals surface area contributed by atoms with Crippen molar-refractivity contribution in [2.45, 2.75) is 57.9 Å². The average molecular weight is 371 g/mol. The maximum atomic E-state index is 6.43. The summed E-state index contributed by atoms with van der Waals surface area (Å²) < 4.78 is 0. The lowest BCUT2D eigenvalue weighted by molar-refractivity contribution is 0.0106. The van der Waals surface area contributed by atoms with Crippen LogP contribution in [0.15, 0.2) is 6.33 Å². The van der Waals surface area contributed by atoms with Gasteiger partial charge in [-0.15, -0.1) is 11.3 Å². The van der Waals surface area contributed by atoms with Crippen LogP contribution in [0.25, 0.3) is 0 Å². The van der Waals surface area contributed by atoms with Gasteiger partial charge in [0.05, 0.1) is 5.69 Å². The molecule has 6 nitrogen and oxygen atoms in total. The van der Waals surface area contributed by atoms with Gasteiger partial charge in [0.15, 0.2) is 16.8 Å². The van der Waals surface area contributed by atoms with E-state index in [1.807, 2.05) is 6.92 Å². The van der Waals surface area contributed by atoms with Gasteiger partial charge in [0.2, 0.25) is 0 Å². The first-order chi connectivity index (χ1) is 12.5.